The van der Waals surface area contributed by atoms with Gasteiger partial charge in [0.1, 0.15) is 0 Å². The molecule has 96 valence electrons. The summed E-state index contributed by atoms with van der Waals surface area (Å²) in [5, 5.41) is 13.1. The Bertz CT molecular complexity index is 801. The van der Waals surface area contributed by atoms with Crippen LogP contribution in [-0.4, -0.2) is 4.98 Å². The molecule has 1 aromatic heterocycles. The Balaban J connectivity index is 2.02. The van der Waals surface area contributed by atoms with Gasteiger partial charge in [-0.3, -0.25) is 4.98 Å². The number of nitrogens with two attached hydrogens (primary N) is 1. The maximum absolute atomic E-state index is 8.80. The number of nitrogen functional groups attached to an aromatic ring is 1. The molecule has 1 heterocycles. The van der Waals surface area contributed by atoms with E-state index in [0.717, 1.165) is 22.3 Å². The topological polar surface area (TPSA) is 74.7 Å². The van der Waals surface area contributed by atoms with E-state index < -0.39 is 0 Å². The summed E-state index contributed by atoms with van der Waals surface area (Å²) in [6.07, 6.45) is 1.73. The van der Waals surface area contributed by atoms with E-state index in [-0.39, 0.29) is 0 Å². The third kappa shape index (κ3) is 2.13. The average molecular weight is 260 g/mol. The van der Waals surface area contributed by atoms with Crippen LogP contribution >= 0.6 is 0 Å². The number of pyridine rings is 1. The van der Waals surface area contributed by atoms with Crippen molar-refractivity contribution in [2.75, 3.05) is 11.1 Å². The summed E-state index contributed by atoms with van der Waals surface area (Å²) in [6.45, 7) is 0. The van der Waals surface area contributed by atoms with E-state index >= 15 is 0 Å². The molecular weight excluding hydrogens is 248 g/mol. The van der Waals surface area contributed by atoms with E-state index in [1.165, 1.54) is 0 Å². The van der Waals surface area contributed by atoms with Crippen molar-refractivity contribution < 1.29 is 0 Å². The molecule has 3 N–H and O–H groups in total. The maximum Gasteiger partial charge on any atom is 0.0991 e. The second-order valence-corrected chi connectivity index (χ2v) is 4.42. The average Bonchev–Trinajstić information content (AvgIpc) is 2.49. The SMILES string of the molecule is N#Cc1ccc(Nc2ccnc3c(N)cccc23)cc1. The minimum absolute atomic E-state index is 0.638. The van der Waals surface area contributed by atoms with Gasteiger partial charge in [-0.15, -0.1) is 0 Å². The van der Waals surface area contributed by atoms with Crippen molar-refractivity contribution in [2.45, 2.75) is 0 Å². The Labute approximate surface area is 116 Å². The quantitative estimate of drug-likeness (QED) is 0.692. The standard InChI is InChI=1S/C16H12N4/c17-10-11-4-6-12(7-5-11)20-15-8-9-19-16-13(15)2-1-3-14(16)18/h1-9H,18H2,(H,19,20). The zero-order valence-corrected chi connectivity index (χ0v) is 10.7. The molecular formula is C16H12N4. The van der Waals surface area contributed by atoms with Crippen LogP contribution in [0.2, 0.25) is 0 Å². The summed E-state index contributed by atoms with van der Waals surface area (Å²) in [5.41, 5.74) is 9.86. The molecule has 0 unspecified atom stereocenters. The Hall–Kier alpha value is -3.06. The van der Waals surface area contributed by atoms with E-state index in [2.05, 4.69) is 16.4 Å². The van der Waals surface area contributed by atoms with Gasteiger partial charge in [-0.2, -0.15) is 5.26 Å². The molecule has 0 amide bonds. The van der Waals surface area contributed by atoms with Gasteiger partial charge >= 0.3 is 0 Å². The van der Waals surface area contributed by atoms with Crippen LogP contribution in [-0.2, 0) is 0 Å². The van der Waals surface area contributed by atoms with Gasteiger partial charge in [0, 0.05) is 23.0 Å². The van der Waals surface area contributed by atoms with Crippen LogP contribution in [0.25, 0.3) is 10.9 Å². The first-order chi connectivity index (χ1) is 9.78. The maximum atomic E-state index is 8.80. The van der Waals surface area contributed by atoms with Crippen molar-refractivity contribution in [3.05, 3.63) is 60.3 Å². The fourth-order valence-electron chi connectivity index (χ4n) is 2.09. The van der Waals surface area contributed by atoms with Gasteiger partial charge in [0.2, 0.25) is 0 Å². The number of nitrogens with one attached hydrogen (secondary N) is 1. The smallest absolute Gasteiger partial charge is 0.0991 e. The lowest BCUT2D eigenvalue weighted by Gasteiger charge is -2.10. The number of benzene rings is 2. The molecule has 3 aromatic rings. The number of aromatic nitrogens is 1. The highest BCUT2D eigenvalue weighted by molar-refractivity contribution is 5.98. The largest absolute Gasteiger partial charge is 0.397 e. The van der Waals surface area contributed by atoms with Crippen molar-refractivity contribution in [1.29, 1.82) is 5.26 Å². The van der Waals surface area contributed by atoms with Crippen molar-refractivity contribution in [3.8, 4) is 6.07 Å². The molecule has 0 aliphatic rings. The molecule has 0 aliphatic heterocycles. The first kappa shape index (κ1) is 12.0. The van der Waals surface area contributed by atoms with Crippen LogP contribution in [0.1, 0.15) is 5.56 Å². The summed E-state index contributed by atoms with van der Waals surface area (Å²) in [4.78, 5) is 4.30. The minimum atomic E-state index is 0.638. The fourth-order valence-corrected chi connectivity index (χ4v) is 2.09. The predicted molar refractivity (Wildman–Crippen MR) is 80.6 cm³/mol. The molecule has 0 saturated heterocycles. The number of anilines is 3. The van der Waals surface area contributed by atoms with Crippen LogP contribution < -0.4 is 11.1 Å². The fraction of sp³-hybridized carbons (Fsp3) is 0. The first-order valence-corrected chi connectivity index (χ1v) is 6.18. The Morgan fingerprint density at radius 1 is 1.05 bits per heavy atom. The number of fused-ring (bicyclic) bond motifs is 1. The highest BCUT2D eigenvalue weighted by Gasteiger charge is 2.04. The summed E-state index contributed by atoms with van der Waals surface area (Å²) in [6, 6.07) is 17.0. The van der Waals surface area contributed by atoms with Crippen LogP contribution in [0, 0.1) is 11.3 Å². The molecule has 0 fully saturated rings. The normalized spacial score (nSPS) is 10.2. The molecule has 4 nitrogen and oxygen atoms in total. The van der Waals surface area contributed by atoms with Crippen molar-refractivity contribution in [3.63, 3.8) is 0 Å². The Kier molecular flexibility index (Phi) is 2.94. The van der Waals surface area contributed by atoms with Gasteiger partial charge in [0.05, 0.1) is 22.8 Å². The van der Waals surface area contributed by atoms with Crippen molar-refractivity contribution in [1.82, 2.24) is 4.98 Å². The minimum Gasteiger partial charge on any atom is -0.397 e. The van der Waals surface area contributed by atoms with Gasteiger partial charge in [0.15, 0.2) is 0 Å². The van der Waals surface area contributed by atoms with Crippen LogP contribution in [0.5, 0.6) is 0 Å². The van der Waals surface area contributed by atoms with Crippen LogP contribution in [0.4, 0.5) is 17.1 Å². The molecule has 0 atom stereocenters. The summed E-state index contributed by atoms with van der Waals surface area (Å²) >= 11 is 0. The van der Waals surface area contributed by atoms with Gasteiger partial charge in [-0.1, -0.05) is 12.1 Å². The molecule has 2 aromatic carbocycles. The molecule has 0 bridgehead atoms. The number of para-hydroxylation sites is 1. The van der Waals surface area contributed by atoms with E-state index in [1.807, 2.05) is 36.4 Å². The number of nitrogens with zero attached hydrogens (tertiary/aromatic N) is 2. The number of nitriles is 1. The molecule has 20 heavy (non-hydrogen) atoms. The zero-order chi connectivity index (χ0) is 13.9. The molecule has 0 saturated carbocycles. The molecule has 3 rings (SSSR count). The first-order valence-electron chi connectivity index (χ1n) is 6.18. The van der Waals surface area contributed by atoms with E-state index in [1.54, 1.807) is 18.3 Å². The second kappa shape index (κ2) is 4.90. The van der Waals surface area contributed by atoms with Crippen LogP contribution in [0.15, 0.2) is 54.7 Å². The third-order valence-corrected chi connectivity index (χ3v) is 3.10. The summed E-state index contributed by atoms with van der Waals surface area (Å²) in [7, 11) is 0. The van der Waals surface area contributed by atoms with Gasteiger partial charge in [0.25, 0.3) is 0 Å². The monoisotopic (exact) mass is 260 g/mol. The van der Waals surface area contributed by atoms with Crippen molar-refractivity contribution in [2.24, 2.45) is 0 Å². The van der Waals surface area contributed by atoms with E-state index in [0.29, 0.717) is 11.3 Å². The lowest BCUT2D eigenvalue weighted by molar-refractivity contribution is 1.40. The molecule has 0 spiro atoms. The highest BCUT2D eigenvalue weighted by Crippen LogP contribution is 2.27. The van der Waals surface area contributed by atoms with Crippen molar-refractivity contribution >= 4 is 28.0 Å². The van der Waals surface area contributed by atoms with Gasteiger partial charge in [-0.25, -0.2) is 0 Å². The van der Waals surface area contributed by atoms with Gasteiger partial charge in [-0.05, 0) is 36.4 Å². The van der Waals surface area contributed by atoms with E-state index in [4.69, 9.17) is 11.0 Å². The third-order valence-electron chi connectivity index (χ3n) is 3.10. The summed E-state index contributed by atoms with van der Waals surface area (Å²) < 4.78 is 0. The van der Waals surface area contributed by atoms with E-state index in [9.17, 15) is 0 Å². The Morgan fingerprint density at radius 2 is 1.85 bits per heavy atom. The zero-order valence-electron chi connectivity index (χ0n) is 10.7. The van der Waals surface area contributed by atoms with Crippen LogP contribution in [0.3, 0.4) is 0 Å². The molecule has 0 aliphatic carbocycles. The summed E-state index contributed by atoms with van der Waals surface area (Å²) in [5.74, 6) is 0. The lowest BCUT2D eigenvalue weighted by Crippen LogP contribution is -1.95. The second-order valence-electron chi connectivity index (χ2n) is 4.42. The lowest BCUT2D eigenvalue weighted by atomic mass is 10.1. The predicted octanol–water partition coefficient (Wildman–Crippen LogP) is 3.43. The van der Waals surface area contributed by atoms with Gasteiger partial charge < -0.3 is 11.1 Å². The number of hydrogen-bond donors (Lipinski definition) is 2. The number of hydrogen-bond acceptors (Lipinski definition) is 4. The molecule has 4 heteroatoms. The highest BCUT2D eigenvalue weighted by atomic mass is 14.9. The number of rotatable bonds is 2. The molecule has 0 radical (unpaired) electrons. The Morgan fingerprint density at radius 3 is 2.60 bits per heavy atom.